The summed E-state index contributed by atoms with van der Waals surface area (Å²) >= 11 is 0. The van der Waals surface area contributed by atoms with Gasteiger partial charge < -0.3 is 21.0 Å². The third kappa shape index (κ3) is 3.34. The van der Waals surface area contributed by atoms with E-state index in [1.807, 2.05) is 0 Å². The number of oxime groups is 1. The number of amidine groups is 1. The number of hydrogen-bond acceptors (Lipinski definition) is 5. The maximum Gasteiger partial charge on any atom is 0.255 e. The van der Waals surface area contributed by atoms with E-state index in [1.54, 1.807) is 13.0 Å². The van der Waals surface area contributed by atoms with Crippen LogP contribution in [-0.4, -0.2) is 35.6 Å². The van der Waals surface area contributed by atoms with Crippen molar-refractivity contribution >= 4 is 11.7 Å². The summed E-state index contributed by atoms with van der Waals surface area (Å²) in [4.78, 5) is 15.7. The van der Waals surface area contributed by atoms with Crippen LogP contribution in [0.4, 0.5) is 0 Å². The van der Waals surface area contributed by atoms with E-state index in [1.165, 1.54) is 19.5 Å². The molecular formula is C11H16N4O3. The Bertz CT molecular complexity index is 448. The number of nitrogens with one attached hydrogen (secondary N) is 1. The van der Waals surface area contributed by atoms with Crippen LogP contribution in [0.3, 0.4) is 0 Å². The second kappa shape index (κ2) is 6.43. The first-order valence-electron chi connectivity index (χ1n) is 5.33. The molecule has 0 spiro atoms. The van der Waals surface area contributed by atoms with Crippen LogP contribution in [0.1, 0.15) is 17.3 Å². The van der Waals surface area contributed by atoms with E-state index in [0.29, 0.717) is 11.3 Å². The van der Waals surface area contributed by atoms with Gasteiger partial charge in [-0.15, -0.1) is 0 Å². The summed E-state index contributed by atoms with van der Waals surface area (Å²) in [5.74, 6) is -0.0953. The monoisotopic (exact) mass is 252 g/mol. The highest BCUT2D eigenvalue weighted by Gasteiger charge is 2.14. The predicted molar refractivity (Wildman–Crippen MR) is 65.7 cm³/mol. The van der Waals surface area contributed by atoms with Crippen molar-refractivity contribution in [1.29, 1.82) is 0 Å². The fourth-order valence-electron chi connectivity index (χ4n) is 1.27. The van der Waals surface area contributed by atoms with Gasteiger partial charge in [0, 0.05) is 18.7 Å². The Balaban J connectivity index is 2.66. The third-order valence-electron chi connectivity index (χ3n) is 2.44. The number of carbonyl (C=O) groups is 1. The van der Waals surface area contributed by atoms with Gasteiger partial charge in [0.1, 0.15) is 11.6 Å². The van der Waals surface area contributed by atoms with E-state index in [-0.39, 0.29) is 24.2 Å². The van der Waals surface area contributed by atoms with Crippen LogP contribution in [0, 0.1) is 5.92 Å². The highest BCUT2D eigenvalue weighted by atomic mass is 16.5. The molecule has 1 heterocycles. The highest BCUT2D eigenvalue weighted by Crippen LogP contribution is 2.15. The van der Waals surface area contributed by atoms with E-state index in [0.717, 1.165) is 0 Å². The number of aromatic nitrogens is 1. The molecule has 0 saturated carbocycles. The molecule has 1 atom stereocenters. The van der Waals surface area contributed by atoms with Gasteiger partial charge in [-0.05, 0) is 6.07 Å². The Morgan fingerprint density at radius 1 is 1.72 bits per heavy atom. The largest absolute Gasteiger partial charge is 0.494 e. The normalized spacial score (nSPS) is 12.9. The van der Waals surface area contributed by atoms with Gasteiger partial charge in [-0.25, -0.2) is 0 Å². The van der Waals surface area contributed by atoms with Crippen LogP contribution >= 0.6 is 0 Å². The lowest BCUT2D eigenvalue weighted by atomic mass is 10.1. The van der Waals surface area contributed by atoms with Crippen molar-refractivity contribution in [2.24, 2.45) is 16.8 Å². The molecule has 0 fully saturated rings. The van der Waals surface area contributed by atoms with Gasteiger partial charge >= 0.3 is 0 Å². The first-order valence-corrected chi connectivity index (χ1v) is 5.33. The minimum absolute atomic E-state index is 0.0667. The molecule has 7 nitrogen and oxygen atoms in total. The summed E-state index contributed by atoms with van der Waals surface area (Å²) < 4.78 is 5.03. The van der Waals surface area contributed by atoms with Gasteiger partial charge in [-0.1, -0.05) is 12.1 Å². The lowest BCUT2D eigenvalue weighted by Gasteiger charge is -2.12. The minimum atomic E-state index is -0.299. The van der Waals surface area contributed by atoms with E-state index in [2.05, 4.69) is 15.5 Å². The van der Waals surface area contributed by atoms with Crippen molar-refractivity contribution in [1.82, 2.24) is 10.3 Å². The fourth-order valence-corrected chi connectivity index (χ4v) is 1.27. The molecule has 18 heavy (non-hydrogen) atoms. The van der Waals surface area contributed by atoms with Gasteiger partial charge in [0.05, 0.1) is 18.9 Å². The Labute approximate surface area is 105 Å². The molecule has 0 bridgehead atoms. The molecule has 0 radical (unpaired) electrons. The number of nitrogens with zero attached hydrogens (tertiary/aromatic N) is 2. The summed E-state index contributed by atoms with van der Waals surface area (Å²) in [6.07, 6.45) is 2.96. The summed E-state index contributed by atoms with van der Waals surface area (Å²) in [5, 5.41) is 14.0. The fraction of sp³-hybridized carbons (Fsp3) is 0.364. The minimum Gasteiger partial charge on any atom is -0.494 e. The van der Waals surface area contributed by atoms with Crippen LogP contribution in [0.15, 0.2) is 23.6 Å². The number of rotatable bonds is 5. The average molecular weight is 252 g/mol. The molecule has 1 rings (SSSR count). The molecule has 1 amide bonds. The molecular weight excluding hydrogens is 236 g/mol. The molecule has 1 aromatic heterocycles. The molecule has 0 aliphatic rings. The molecule has 0 saturated heterocycles. The van der Waals surface area contributed by atoms with Gasteiger partial charge in [0.15, 0.2) is 0 Å². The van der Waals surface area contributed by atoms with Crippen molar-refractivity contribution in [3.63, 3.8) is 0 Å². The van der Waals surface area contributed by atoms with Gasteiger partial charge in [-0.3, -0.25) is 9.78 Å². The van der Waals surface area contributed by atoms with Crippen LogP contribution in [0.5, 0.6) is 5.75 Å². The summed E-state index contributed by atoms with van der Waals surface area (Å²) in [6, 6.07) is 1.56. The van der Waals surface area contributed by atoms with Crippen molar-refractivity contribution in [3.05, 3.63) is 24.0 Å². The number of methoxy groups -OCH3 is 1. The van der Waals surface area contributed by atoms with E-state index in [4.69, 9.17) is 15.7 Å². The topological polar surface area (TPSA) is 110 Å². The van der Waals surface area contributed by atoms with E-state index in [9.17, 15) is 4.79 Å². The van der Waals surface area contributed by atoms with E-state index >= 15 is 0 Å². The van der Waals surface area contributed by atoms with Crippen LogP contribution in [0.25, 0.3) is 0 Å². The maximum atomic E-state index is 11.9. The zero-order valence-electron chi connectivity index (χ0n) is 10.3. The maximum absolute atomic E-state index is 11.9. The number of carbonyl (C=O) groups excluding carboxylic acids is 1. The Morgan fingerprint density at radius 3 is 3.06 bits per heavy atom. The molecule has 0 aliphatic heterocycles. The van der Waals surface area contributed by atoms with Crippen LogP contribution < -0.4 is 15.8 Å². The number of pyridine rings is 1. The predicted octanol–water partition coefficient (Wildman–Crippen LogP) is 0.203. The zero-order valence-corrected chi connectivity index (χ0v) is 10.3. The lowest BCUT2D eigenvalue weighted by Crippen LogP contribution is -2.34. The Hall–Kier alpha value is -2.31. The van der Waals surface area contributed by atoms with Crippen molar-refractivity contribution in [2.45, 2.75) is 6.92 Å². The molecule has 0 aromatic carbocycles. The standard InChI is InChI=1S/C11H16N4O3/c1-7(10(12)15-17)5-14-11(16)8-3-4-13-6-9(8)18-2/h3-4,6-7,17H,5H2,1-2H3,(H2,12,15)(H,14,16). The van der Waals surface area contributed by atoms with Crippen LogP contribution in [0.2, 0.25) is 0 Å². The zero-order chi connectivity index (χ0) is 13.5. The Morgan fingerprint density at radius 2 is 2.44 bits per heavy atom. The molecule has 7 heteroatoms. The van der Waals surface area contributed by atoms with Gasteiger partial charge in [-0.2, -0.15) is 0 Å². The SMILES string of the molecule is COc1cnccc1C(=O)NCC(C)/C(N)=N/O. The highest BCUT2D eigenvalue weighted by molar-refractivity contribution is 5.97. The second-order valence-electron chi connectivity index (χ2n) is 3.71. The Kier molecular flexibility index (Phi) is 4.91. The first-order chi connectivity index (χ1) is 8.60. The number of amides is 1. The molecule has 1 unspecified atom stereocenters. The van der Waals surface area contributed by atoms with Gasteiger partial charge in [0.25, 0.3) is 5.91 Å². The average Bonchev–Trinajstić information content (AvgIpc) is 2.43. The summed E-state index contributed by atoms with van der Waals surface area (Å²) in [6.45, 7) is 2.00. The van der Waals surface area contributed by atoms with Crippen molar-refractivity contribution < 1.29 is 14.7 Å². The third-order valence-corrected chi connectivity index (χ3v) is 2.44. The van der Waals surface area contributed by atoms with E-state index < -0.39 is 0 Å². The van der Waals surface area contributed by atoms with Crippen LogP contribution in [-0.2, 0) is 0 Å². The van der Waals surface area contributed by atoms with Crippen molar-refractivity contribution in [3.8, 4) is 5.75 Å². The molecule has 1 aromatic rings. The number of ether oxygens (including phenoxy) is 1. The molecule has 98 valence electrons. The molecule has 4 N–H and O–H groups in total. The smallest absolute Gasteiger partial charge is 0.255 e. The summed E-state index contributed by atoms with van der Waals surface area (Å²) in [5.41, 5.74) is 5.80. The lowest BCUT2D eigenvalue weighted by molar-refractivity contribution is 0.0948. The first kappa shape index (κ1) is 13.8. The number of hydrogen-bond donors (Lipinski definition) is 3. The van der Waals surface area contributed by atoms with Gasteiger partial charge in [0.2, 0.25) is 0 Å². The molecule has 0 aliphatic carbocycles. The number of nitrogens with two attached hydrogens (primary N) is 1. The summed E-state index contributed by atoms with van der Waals surface area (Å²) in [7, 11) is 1.47. The quantitative estimate of drug-likeness (QED) is 0.300. The van der Waals surface area contributed by atoms with Crippen molar-refractivity contribution in [2.75, 3.05) is 13.7 Å². The second-order valence-corrected chi connectivity index (χ2v) is 3.71.